The molecule has 7 heteroatoms. The molecule has 94 valence electrons. The molecule has 2 rings (SSSR count). The highest BCUT2D eigenvalue weighted by Crippen LogP contribution is 2.25. The van der Waals surface area contributed by atoms with Gasteiger partial charge >= 0.3 is 5.97 Å². The van der Waals surface area contributed by atoms with Gasteiger partial charge in [-0.15, -0.1) is 5.10 Å². The Bertz CT molecular complexity index is 541. The average molecular weight is 376 g/mol. The Kier molecular flexibility index (Phi) is 4.48. The fraction of sp³-hybridized carbons (Fsp3) is 0.182. The molecule has 0 amide bonds. The van der Waals surface area contributed by atoms with Crippen molar-refractivity contribution in [3.63, 3.8) is 0 Å². The van der Waals surface area contributed by atoms with E-state index in [1.54, 1.807) is 6.92 Å². The van der Waals surface area contributed by atoms with E-state index in [2.05, 4.69) is 32.8 Å². The second kappa shape index (κ2) is 6.10. The number of ether oxygens (including phenoxy) is 2. The van der Waals surface area contributed by atoms with Crippen molar-refractivity contribution < 1.29 is 14.3 Å². The molecular formula is C11H9IN2O3S. The van der Waals surface area contributed by atoms with Gasteiger partial charge in [0.15, 0.2) is 0 Å². The number of carbonyl (C=O) groups is 1. The number of benzene rings is 1. The lowest BCUT2D eigenvalue weighted by Crippen LogP contribution is -2.03. The second-order valence-electron chi connectivity index (χ2n) is 3.15. The summed E-state index contributed by atoms with van der Waals surface area (Å²) < 4.78 is 11.4. The summed E-state index contributed by atoms with van der Waals surface area (Å²) in [7, 11) is 0. The van der Waals surface area contributed by atoms with E-state index in [0.717, 1.165) is 14.9 Å². The third-order valence-electron chi connectivity index (χ3n) is 1.88. The molecule has 0 radical (unpaired) electrons. The maximum Gasteiger partial charge on any atom is 0.369 e. The first-order valence-corrected chi connectivity index (χ1v) is 7.02. The van der Waals surface area contributed by atoms with Crippen molar-refractivity contribution in [3.05, 3.63) is 32.8 Å². The SMILES string of the molecule is CCOC(=O)c1nnc(Oc2ccc(I)cc2)s1. The first kappa shape index (κ1) is 13.2. The van der Waals surface area contributed by atoms with Crippen molar-refractivity contribution >= 4 is 39.9 Å². The van der Waals surface area contributed by atoms with Gasteiger partial charge in [-0.2, -0.15) is 0 Å². The van der Waals surface area contributed by atoms with Gasteiger partial charge in [0.05, 0.1) is 6.61 Å². The highest BCUT2D eigenvalue weighted by atomic mass is 127. The van der Waals surface area contributed by atoms with E-state index in [9.17, 15) is 4.79 Å². The molecule has 18 heavy (non-hydrogen) atoms. The van der Waals surface area contributed by atoms with Gasteiger partial charge in [-0.25, -0.2) is 4.79 Å². The van der Waals surface area contributed by atoms with Crippen LogP contribution in [0.4, 0.5) is 0 Å². The third-order valence-corrected chi connectivity index (χ3v) is 3.38. The zero-order chi connectivity index (χ0) is 13.0. The first-order chi connectivity index (χ1) is 8.69. The van der Waals surface area contributed by atoms with Crippen molar-refractivity contribution in [2.45, 2.75) is 6.92 Å². The number of aromatic nitrogens is 2. The quantitative estimate of drug-likeness (QED) is 0.606. The molecule has 1 aromatic carbocycles. The van der Waals surface area contributed by atoms with E-state index in [1.165, 1.54) is 0 Å². The fourth-order valence-corrected chi connectivity index (χ4v) is 2.10. The standard InChI is InChI=1S/C11H9IN2O3S/c1-2-16-10(15)9-13-14-11(18-9)17-8-5-3-7(12)4-6-8/h3-6H,2H2,1H3. The molecule has 0 saturated heterocycles. The molecule has 0 aliphatic carbocycles. The normalized spacial score (nSPS) is 10.1. The van der Waals surface area contributed by atoms with Crippen molar-refractivity contribution in [2.75, 3.05) is 6.61 Å². The average Bonchev–Trinajstić information content (AvgIpc) is 2.81. The highest BCUT2D eigenvalue weighted by Gasteiger charge is 2.14. The lowest BCUT2D eigenvalue weighted by Gasteiger charge is -1.99. The van der Waals surface area contributed by atoms with Crippen LogP contribution < -0.4 is 4.74 Å². The number of nitrogens with zero attached hydrogens (tertiary/aromatic N) is 2. The van der Waals surface area contributed by atoms with Crippen LogP contribution in [-0.2, 0) is 4.74 Å². The number of hydrogen-bond acceptors (Lipinski definition) is 6. The highest BCUT2D eigenvalue weighted by molar-refractivity contribution is 14.1. The summed E-state index contributed by atoms with van der Waals surface area (Å²) >= 11 is 3.27. The van der Waals surface area contributed by atoms with Crippen LogP contribution >= 0.6 is 33.9 Å². The number of carbonyl (C=O) groups excluding carboxylic acids is 1. The zero-order valence-corrected chi connectivity index (χ0v) is 12.4. The summed E-state index contributed by atoms with van der Waals surface area (Å²) in [5, 5.41) is 8.01. The van der Waals surface area contributed by atoms with Crippen molar-refractivity contribution in [3.8, 4) is 10.9 Å². The maximum atomic E-state index is 11.4. The Hall–Kier alpha value is -1.22. The number of esters is 1. The van der Waals surface area contributed by atoms with E-state index < -0.39 is 5.97 Å². The van der Waals surface area contributed by atoms with Gasteiger partial charge in [0.25, 0.3) is 5.19 Å². The van der Waals surface area contributed by atoms with Gasteiger partial charge in [-0.05, 0) is 65.1 Å². The van der Waals surface area contributed by atoms with E-state index in [-0.39, 0.29) is 5.01 Å². The van der Waals surface area contributed by atoms with Crippen LogP contribution in [0.3, 0.4) is 0 Å². The fourth-order valence-electron chi connectivity index (χ4n) is 1.13. The Labute approximate surface area is 121 Å². The van der Waals surface area contributed by atoms with Crippen LogP contribution in [-0.4, -0.2) is 22.8 Å². The Morgan fingerprint density at radius 3 is 2.72 bits per heavy atom. The molecule has 0 saturated carbocycles. The largest absolute Gasteiger partial charge is 0.461 e. The molecule has 0 aliphatic rings. The van der Waals surface area contributed by atoms with Gasteiger partial charge in [-0.1, -0.05) is 5.10 Å². The molecule has 0 aliphatic heterocycles. The lowest BCUT2D eigenvalue weighted by atomic mass is 10.3. The predicted octanol–water partition coefficient (Wildman–Crippen LogP) is 3.11. The van der Waals surface area contributed by atoms with Crippen LogP contribution in [0.5, 0.6) is 10.9 Å². The molecular weight excluding hydrogens is 367 g/mol. The molecule has 0 spiro atoms. The minimum absolute atomic E-state index is 0.192. The van der Waals surface area contributed by atoms with E-state index in [1.807, 2.05) is 24.3 Å². The number of halogens is 1. The lowest BCUT2D eigenvalue weighted by molar-refractivity contribution is 0.0525. The van der Waals surface area contributed by atoms with E-state index in [0.29, 0.717) is 17.6 Å². The van der Waals surface area contributed by atoms with Gasteiger partial charge < -0.3 is 9.47 Å². The molecule has 5 nitrogen and oxygen atoms in total. The van der Waals surface area contributed by atoms with Crippen molar-refractivity contribution in [1.29, 1.82) is 0 Å². The molecule has 0 bridgehead atoms. The summed E-state index contributed by atoms with van der Waals surface area (Å²) in [5.41, 5.74) is 0. The van der Waals surface area contributed by atoms with Gasteiger partial charge in [0.2, 0.25) is 5.01 Å². The number of hydrogen-bond donors (Lipinski definition) is 0. The summed E-state index contributed by atoms with van der Waals surface area (Å²) in [5.74, 6) is 0.175. The van der Waals surface area contributed by atoms with Crippen LogP contribution in [0.2, 0.25) is 0 Å². The maximum absolute atomic E-state index is 11.4. The van der Waals surface area contributed by atoms with Gasteiger partial charge in [0, 0.05) is 3.57 Å². The summed E-state index contributed by atoms with van der Waals surface area (Å²) in [6, 6.07) is 7.49. The Morgan fingerprint density at radius 2 is 2.06 bits per heavy atom. The molecule has 1 heterocycles. The molecule has 0 atom stereocenters. The summed E-state index contributed by atoms with van der Waals surface area (Å²) in [6.07, 6.45) is 0. The minimum Gasteiger partial charge on any atom is -0.461 e. The van der Waals surface area contributed by atoms with Gasteiger partial charge in [0.1, 0.15) is 5.75 Å². The summed E-state index contributed by atoms with van der Waals surface area (Å²) in [6.45, 7) is 2.05. The van der Waals surface area contributed by atoms with Crippen molar-refractivity contribution in [2.24, 2.45) is 0 Å². The van der Waals surface area contributed by atoms with E-state index >= 15 is 0 Å². The van der Waals surface area contributed by atoms with Crippen LogP contribution in [0.15, 0.2) is 24.3 Å². The predicted molar refractivity (Wildman–Crippen MR) is 75.1 cm³/mol. The van der Waals surface area contributed by atoms with Crippen LogP contribution in [0.25, 0.3) is 0 Å². The second-order valence-corrected chi connectivity index (χ2v) is 5.34. The minimum atomic E-state index is -0.479. The van der Waals surface area contributed by atoms with Crippen LogP contribution in [0.1, 0.15) is 16.7 Å². The Morgan fingerprint density at radius 1 is 1.33 bits per heavy atom. The summed E-state index contributed by atoms with van der Waals surface area (Å²) in [4.78, 5) is 11.4. The smallest absolute Gasteiger partial charge is 0.369 e. The molecule has 0 fully saturated rings. The third kappa shape index (κ3) is 3.39. The van der Waals surface area contributed by atoms with E-state index in [4.69, 9.17) is 9.47 Å². The zero-order valence-electron chi connectivity index (χ0n) is 9.42. The van der Waals surface area contributed by atoms with Gasteiger partial charge in [-0.3, -0.25) is 0 Å². The molecule has 0 unspecified atom stereocenters. The topological polar surface area (TPSA) is 61.3 Å². The van der Waals surface area contributed by atoms with Crippen molar-refractivity contribution in [1.82, 2.24) is 10.2 Å². The first-order valence-electron chi connectivity index (χ1n) is 5.13. The molecule has 1 aromatic heterocycles. The van der Waals surface area contributed by atoms with Crippen LogP contribution in [0, 0.1) is 3.57 Å². The number of rotatable bonds is 4. The molecule has 0 N–H and O–H groups in total. The molecule has 2 aromatic rings. The monoisotopic (exact) mass is 376 g/mol. The Balaban J connectivity index is 2.06.